The molecular formula is C6H6BrF2NO. The van der Waals surface area contributed by atoms with Crippen molar-refractivity contribution in [2.45, 2.75) is 11.8 Å². The number of halogens is 3. The van der Waals surface area contributed by atoms with Crippen molar-refractivity contribution in [3.63, 3.8) is 0 Å². The Labute approximate surface area is 71.5 Å². The number of rotatable bonds is 2. The first kappa shape index (κ1) is 10.4. The second kappa shape index (κ2) is 4.29. The predicted molar refractivity (Wildman–Crippen MR) is 40.3 cm³/mol. The minimum absolute atomic E-state index is 0.0590. The summed E-state index contributed by atoms with van der Waals surface area (Å²) in [5.41, 5.74) is 0. The van der Waals surface area contributed by atoms with Gasteiger partial charge in [0, 0.05) is 15.9 Å². The van der Waals surface area contributed by atoms with Crippen LogP contribution in [0.4, 0.5) is 8.78 Å². The van der Waals surface area contributed by atoms with Gasteiger partial charge in [0.05, 0.1) is 6.54 Å². The fraction of sp³-hybridized carbons (Fsp3) is 0.500. The van der Waals surface area contributed by atoms with Crippen molar-refractivity contribution in [1.29, 1.82) is 0 Å². The molecule has 0 aliphatic heterocycles. The van der Waals surface area contributed by atoms with Crippen LogP contribution in [0.25, 0.3) is 0 Å². The van der Waals surface area contributed by atoms with Crippen molar-refractivity contribution < 1.29 is 13.6 Å². The van der Waals surface area contributed by atoms with E-state index in [0.29, 0.717) is 0 Å². The van der Waals surface area contributed by atoms with Crippen LogP contribution in [0.15, 0.2) is 0 Å². The van der Waals surface area contributed by atoms with Crippen LogP contribution < -0.4 is 5.32 Å². The molecule has 0 spiro atoms. The Balaban J connectivity index is 3.77. The molecule has 0 fully saturated rings. The first-order valence-electron chi connectivity index (χ1n) is 2.73. The maximum Gasteiger partial charge on any atom is 0.377 e. The second-order valence-corrected chi connectivity index (χ2v) is 2.60. The molecular weight excluding hydrogens is 220 g/mol. The van der Waals surface area contributed by atoms with E-state index in [0.717, 1.165) is 0 Å². The van der Waals surface area contributed by atoms with E-state index < -0.39 is 10.7 Å². The molecule has 0 aromatic rings. The summed E-state index contributed by atoms with van der Waals surface area (Å²) >= 11 is 1.90. The molecule has 11 heavy (non-hydrogen) atoms. The molecule has 0 aromatic heterocycles. The highest BCUT2D eigenvalue weighted by molar-refractivity contribution is 9.10. The maximum absolute atomic E-state index is 12.0. The highest BCUT2D eigenvalue weighted by atomic mass is 79.9. The Kier molecular flexibility index (Phi) is 4.04. The van der Waals surface area contributed by atoms with E-state index in [4.69, 9.17) is 0 Å². The molecule has 5 heteroatoms. The fourth-order valence-electron chi connectivity index (χ4n) is 0.313. The van der Waals surface area contributed by atoms with Crippen LogP contribution in [0, 0.1) is 11.8 Å². The Morgan fingerprint density at radius 2 is 2.27 bits per heavy atom. The molecule has 62 valence electrons. The molecule has 1 N–H and O–H groups in total. The van der Waals surface area contributed by atoms with Gasteiger partial charge in [-0.3, -0.25) is 4.79 Å². The van der Waals surface area contributed by atoms with E-state index in [-0.39, 0.29) is 6.54 Å². The third-order valence-electron chi connectivity index (χ3n) is 0.772. The summed E-state index contributed by atoms with van der Waals surface area (Å²) in [7, 11) is 0. The number of hydrogen-bond donors (Lipinski definition) is 1. The Hall–Kier alpha value is -0.630. The first-order valence-corrected chi connectivity index (χ1v) is 3.52. The Morgan fingerprint density at radius 3 is 2.64 bits per heavy atom. The van der Waals surface area contributed by atoms with Gasteiger partial charge in [-0.25, -0.2) is 0 Å². The van der Waals surface area contributed by atoms with Gasteiger partial charge < -0.3 is 5.32 Å². The van der Waals surface area contributed by atoms with E-state index in [1.165, 1.54) is 0 Å². The molecule has 0 unspecified atom stereocenters. The van der Waals surface area contributed by atoms with Crippen LogP contribution >= 0.6 is 15.9 Å². The van der Waals surface area contributed by atoms with E-state index in [9.17, 15) is 13.6 Å². The first-order chi connectivity index (χ1) is 4.98. The summed E-state index contributed by atoms with van der Waals surface area (Å²) in [5, 5.41) is 1.91. The Morgan fingerprint density at radius 1 is 1.73 bits per heavy atom. The number of nitrogens with one attached hydrogen (secondary N) is 1. The van der Waals surface area contributed by atoms with Crippen molar-refractivity contribution in [3.8, 4) is 11.8 Å². The third-order valence-corrected chi connectivity index (χ3v) is 1.13. The smallest absolute Gasteiger partial charge is 0.339 e. The molecule has 0 saturated carbocycles. The van der Waals surface area contributed by atoms with Crippen LogP contribution in [0.5, 0.6) is 0 Å². The standard InChI is InChI=1S/C6H6BrF2NO/c1-2-3-4-10-5(11)6(7,8)9/h4H2,1H3,(H,10,11). The molecule has 0 heterocycles. The third kappa shape index (κ3) is 4.73. The molecule has 0 radical (unpaired) electrons. The molecule has 0 saturated heterocycles. The number of hydrogen-bond acceptors (Lipinski definition) is 1. The molecule has 0 aliphatic rings. The molecule has 0 atom stereocenters. The van der Waals surface area contributed by atoms with Crippen LogP contribution in [-0.4, -0.2) is 17.3 Å². The van der Waals surface area contributed by atoms with Crippen LogP contribution in [-0.2, 0) is 4.79 Å². The van der Waals surface area contributed by atoms with Gasteiger partial charge in [-0.1, -0.05) is 5.92 Å². The molecule has 2 nitrogen and oxygen atoms in total. The van der Waals surface area contributed by atoms with Gasteiger partial charge in [0.1, 0.15) is 0 Å². The summed E-state index contributed by atoms with van der Waals surface area (Å²) in [5.74, 6) is 3.49. The summed E-state index contributed by atoms with van der Waals surface area (Å²) in [4.78, 5) is 6.87. The number of alkyl halides is 3. The quantitative estimate of drug-likeness (QED) is 0.554. The fourth-order valence-corrected chi connectivity index (χ4v) is 0.453. The normalized spacial score (nSPS) is 9.82. The topological polar surface area (TPSA) is 29.1 Å². The second-order valence-electron chi connectivity index (χ2n) is 1.61. The molecule has 0 aliphatic carbocycles. The number of carbonyl (C=O) groups excluding carboxylic acids is 1. The molecule has 0 rings (SSSR count). The summed E-state index contributed by atoms with van der Waals surface area (Å²) < 4.78 is 24.0. The van der Waals surface area contributed by atoms with Crippen molar-refractivity contribution in [3.05, 3.63) is 0 Å². The lowest BCUT2D eigenvalue weighted by atomic mass is 10.5. The lowest BCUT2D eigenvalue weighted by Crippen LogP contribution is -2.35. The van der Waals surface area contributed by atoms with Crippen molar-refractivity contribution in [2.24, 2.45) is 0 Å². The van der Waals surface area contributed by atoms with Crippen LogP contribution in [0.1, 0.15) is 6.92 Å². The van der Waals surface area contributed by atoms with E-state index >= 15 is 0 Å². The molecule has 0 aromatic carbocycles. The van der Waals surface area contributed by atoms with Gasteiger partial charge in [0.25, 0.3) is 0 Å². The van der Waals surface area contributed by atoms with Gasteiger partial charge in [-0.05, 0) is 6.92 Å². The number of amides is 1. The van der Waals surface area contributed by atoms with Gasteiger partial charge >= 0.3 is 10.7 Å². The zero-order valence-electron chi connectivity index (χ0n) is 5.75. The van der Waals surface area contributed by atoms with E-state index in [1.54, 1.807) is 6.92 Å². The number of carbonyl (C=O) groups is 1. The zero-order valence-corrected chi connectivity index (χ0v) is 7.34. The average molecular weight is 226 g/mol. The minimum Gasteiger partial charge on any atom is -0.339 e. The monoisotopic (exact) mass is 225 g/mol. The van der Waals surface area contributed by atoms with Crippen molar-refractivity contribution >= 4 is 21.8 Å². The zero-order chi connectivity index (χ0) is 8.91. The summed E-state index contributed by atoms with van der Waals surface area (Å²) in [6, 6.07) is 0. The van der Waals surface area contributed by atoms with Gasteiger partial charge in [-0.15, -0.1) is 5.92 Å². The SMILES string of the molecule is CC#CCNC(=O)C(F)(F)Br. The highest BCUT2D eigenvalue weighted by Gasteiger charge is 2.34. The molecule has 1 amide bonds. The lowest BCUT2D eigenvalue weighted by Gasteiger charge is -2.05. The Bertz CT molecular complexity index is 201. The van der Waals surface area contributed by atoms with Gasteiger partial charge in [0.2, 0.25) is 0 Å². The lowest BCUT2D eigenvalue weighted by molar-refractivity contribution is -0.133. The minimum atomic E-state index is -3.50. The van der Waals surface area contributed by atoms with Gasteiger partial charge in [0.15, 0.2) is 0 Å². The van der Waals surface area contributed by atoms with Crippen molar-refractivity contribution in [2.75, 3.05) is 6.54 Å². The van der Waals surface area contributed by atoms with E-state index in [2.05, 4.69) is 11.8 Å². The largest absolute Gasteiger partial charge is 0.377 e. The van der Waals surface area contributed by atoms with Crippen LogP contribution in [0.3, 0.4) is 0 Å². The summed E-state index contributed by atoms with van der Waals surface area (Å²) in [6.07, 6.45) is 0. The van der Waals surface area contributed by atoms with E-state index in [1.807, 2.05) is 21.2 Å². The van der Waals surface area contributed by atoms with Gasteiger partial charge in [-0.2, -0.15) is 8.78 Å². The van der Waals surface area contributed by atoms with Crippen LogP contribution in [0.2, 0.25) is 0 Å². The highest BCUT2D eigenvalue weighted by Crippen LogP contribution is 2.20. The van der Waals surface area contributed by atoms with Crippen molar-refractivity contribution in [1.82, 2.24) is 5.32 Å². The predicted octanol–water partition coefficient (Wildman–Crippen LogP) is 1.11. The molecule has 0 bridgehead atoms. The summed E-state index contributed by atoms with van der Waals surface area (Å²) in [6.45, 7) is 1.49. The average Bonchev–Trinajstić information content (AvgIpc) is 1.86. The maximum atomic E-state index is 12.0.